The van der Waals surface area contributed by atoms with Gasteiger partial charge < -0.3 is 9.47 Å². The van der Waals surface area contributed by atoms with E-state index >= 15 is 0 Å². The summed E-state index contributed by atoms with van der Waals surface area (Å²) in [5.74, 6) is -0.825. The molecule has 0 fully saturated rings. The average molecular weight is 322 g/mol. The molecule has 1 rings (SSSR count). The van der Waals surface area contributed by atoms with E-state index < -0.39 is 22.6 Å². The van der Waals surface area contributed by atoms with Crippen molar-refractivity contribution in [3.63, 3.8) is 0 Å². The van der Waals surface area contributed by atoms with Gasteiger partial charge in [0.1, 0.15) is 17.9 Å². The van der Waals surface area contributed by atoms with Crippen molar-refractivity contribution in [1.82, 2.24) is 5.32 Å². The maximum absolute atomic E-state index is 11.7. The van der Waals surface area contributed by atoms with Crippen LogP contribution in [0.2, 0.25) is 0 Å². The van der Waals surface area contributed by atoms with Crippen molar-refractivity contribution in [2.45, 2.75) is 33.0 Å². The van der Waals surface area contributed by atoms with Gasteiger partial charge in [0.05, 0.1) is 4.92 Å². The van der Waals surface area contributed by atoms with Crippen LogP contribution in [0.15, 0.2) is 36.5 Å². The summed E-state index contributed by atoms with van der Waals surface area (Å²) in [5, 5.41) is 12.7. The van der Waals surface area contributed by atoms with E-state index in [1.165, 1.54) is 24.3 Å². The lowest BCUT2D eigenvalue weighted by molar-refractivity contribution is -0.384. The first-order chi connectivity index (χ1) is 10.6. The molecule has 0 saturated carbocycles. The number of nitrogens with zero attached hydrogens (tertiary/aromatic N) is 1. The zero-order valence-electron chi connectivity index (χ0n) is 13.1. The second-order valence-electron chi connectivity index (χ2n) is 5.61. The molecule has 124 valence electrons. The molecule has 1 aromatic rings. The van der Waals surface area contributed by atoms with Gasteiger partial charge in [-0.3, -0.25) is 15.4 Å². The lowest BCUT2D eigenvalue weighted by atomic mass is 10.2. The smallest absolute Gasteiger partial charge is 0.412 e. The molecule has 0 bridgehead atoms. The van der Waals surface area contributed by atoms with E-state index in [0.29, 0.717) is 5.56 Å². The van der Waals surface area contributed by atoms with E-state index in [0.717, 1.165) is 0 Å². The molecule has 0 aromatic heterocycles. The van der Waals surface area contributed by atoms with Gasteiger partial charge in [-0.1, -0.05) is 6.58 Å². The van der Waals surface area contributed by atoms with Crippen molar-refractivity contribution < 1.29 is 24.0 Å². The molecule has 0 aliphatic carbocycles. The monoisotopic (exact) mass is 322 g/mol. The Morgan fingerprint density at radius 3 is 2.30 bits per heavy atom. The average Bonchev–Trinajstić information content (AvgIpc) is 2.42. The van der Waals surface area contributed by atoms with Crippen LogP contribution >= 0.6 is 0 Å². The van der Waals surface area contributed by atoms with Crippen molar-refractivity contribution in [3.05, 3.63) is 52.2 Å². The van der Waals surface area contributed by atoms with Crippen molar-refractivity contribution in [3.8, 4) is 0 Å². The van der Waals surface area contributed by atoms with E-state index in [4.69, 9.17) is 9.47 Å². The highest BCUT2D eigenvalue weighted by molar-refractivity contribution is 5.91. The molecule has 1 amide bonds. The van der Waals surface area contributed by atoms with Crippen molar-refractivity contribution in [2.75, 3.05) is 0 Å². The van der Waals surface area contributed by atoms with Crippen LogP contribution in [0.4, 0.5) is 10.5 Å². The minimum Gasteiger partial charge on any atom is -0.456 e. The number of non-ortho nitro benzene ring substituents is 1. The van der Waals surface area contributed by atoms with Gasteiger partial charge in [0.15, 0.2) is 0 Å². The van der Waals surface area contributed by atoms with E-state index in [1.807, 2.05) is 0 Å². The number of benzene rings is 1. The van der Waals surface area contributed by atoms with Gasteiger partial charge >= 0.3 is 12.1 Å². The number of nitro benzene ring substituents is 1. The van der Waals surface area contributed by atoms with Gasteiger partial charge in [-0.25, -0.2) is 9.59 Å². The van der Waals surface area contributed by atoms with Crippen LogP contribution in [0.1, 0.15) is 26.3 Å². The summed E-state index contributed by atoms with van der Waals surface area (Å²) in [6.45, 7) is 8.34. The predicted octanol–water partition coefficient (Wildman–Crippen LogP) is 2.68. The predicted molar refractivity (Wildman–Crippen MR) is 81.4 cm³/mol. The number of rotatable bonds is 5. The topological polar surface area (TPSA) is 108 Å². The van der Waals surface area contributed by atoms with Crippen molar-refractivity contribution >= 4 is 17.7 Å². The van der Waals surface area contributed by atoms with Gasteiger partial charge in [-0.2, -0.15) is 0 Å². The first kappa shape index (κ1) is 18.1. The Morgan fingerprint density at radius 2 is 1.83 bits per heavy atom. The Labute approximate surface area is 133 Å². The lowest BCUT2D eigenvalue weighted by Crippen LogP contribution is -2.34. The molecule has 8 nitrogen and oxygen atoms in total. The van der Waals surface area contributed by atoms with E-state index in [9.17, 15) is 19.7 Å². The van der Waals surface area contributed by atoms with Crippen LogP contribution in [0, 0.1) is 10.1 Å². The Hall–Kier alpha value is -2.90. The van der Waals surface area contributed by atoms with E-state index in [1.54, 1.807) is 20.8 Å². The SMILES string of the molecule is C=C(NC(=O)OC(C)(C)C)C(=O)OCc1ccc([N+](=O)[O-])cc1. The number of carbonyl (C=O) groups is 2. The molecule has 8 heteroatoms. The second-order valence-corrected chi connectivity index (χ2v) is 5.61. The number of nitro groups is 1. The molecule has 0 saturated heterocycles. The fourth-order valence-corrected chi connectivity index (χ4v) is 1.43. The Bertz CT molecular complexity index is 616. The molecular formula is C15H18N2O6. The number of alkyl carbamates (subject to hydrolysis) is 1. The zero-order valence-corrected chi connectivity index (χ0v) is 13.1. The van der Waals surface area contributed by atoms with Crippen LogP contribution in [-0.2, 0) is 20.9 Å². The summed E-state index contributed by atoms with van der Waals surface area (Å²) in [7, 11) is 0. The number of hydrogen-bond donors (Lipinski definition) is 1. The van der Waals surface area contributed by atoms with Crippen LogP contribution < -0.4 is 5.32 Å². The largest absolute Gasteiger partial charge is 0.456 e. The number of ether oxygens (including phenoxy) is 2. The van der Waals surface area contributed by atoms with Gasteiger partial charge in [0.25, 0.3) is 5.69 Å². The summed E-state index contributed by atoms with van der Waals surface area (Å²) in [6, 6.07) is 5.54. The Balaban J connectivity index is 2.48. The third-order valence-corrected chi connectivity index (χ3v) is 2.42. The van der Waals surface area contributed by atoms with E-state index in [-0.39, 0.29) is 18.0 Å². The summed E-state index contributed by atoms with van der Waals surface area (Å²) in [5.41, 5.74) is -0.459. The molecule has 1 aromatic carbocycles. The minimum absolute atomic E-state index is 0.0592. The molecule has 0 atom stereocenters. The molecular weight excluding hydrogens is 304 g/mol. The number of carbonyl (C=O) groups excluding carboxylic acids is 2. The minimum atomic E-state index is -0.825. The highest BCUT2D eigenvalue weighted by atomic mass is 16.6. The summed E-state index contributed by atoms with van der Waals surface area (Å²) in [6.07, 6.45) is -0.810. The molecule has 1 N–H and O–H groups in total. The van der Waals surface area contributed by atoms with Gasteiger partial charge in [0.2, 0.25) is 0 Å². The first-order valence-corrected chi connectivity index (χ1v) is 6.68. The summed E-state index contributed by atoms with van der Waals surface area (Å²) >= 11 is 0. The van der Waals surface area contributed by atoms with Crippen molar-refractivity contribution in [1.29, 1.82) is 0 Å². The number of hydrogen-bond acceptors (Lipinski definition) is 6. The first-order valence-electron chi connectivity index (χ1n) is 6.68. The maximum Gasteiger partial charge on any atom is 0.412 e. The standard InChI is InChI=1S/C15H18N2O6/c1-10(16-14(19)23-15(2,3)4)13(18)22-9-11-5-7-12(8-6-11)17(20)21/h5-8H,1,9H2,2-4H3,(H,16,19). The molecule has 0 aliphatic rings. The normalized spacial score (nSPS) is 10.6. The Kier molecular flexibility index (Phi) is 5.83. The third-order valence-electron chi connectivity index (χ3n) is 2.42. The fourth-order valence-electron chi connectivity index (χ4n) is 1.43. The number of esters is 1. The second kappa shape index (κ2) is 7.39. The van der Waals surface area contributed by atoms with Crippen LogP contribution in [0.25, 0.3) is 0 Å². The lowest BCUT2D eigenvalue weighted by Gasteiger charge is -2.19. The Morgan fingerprint density at radius 1 is 1.26 bits per heavy atom. The summed E-state index contributed by atoms with van der Waals surface area (Å²) < 4.78 is 9.92. The molecule has 23 heavy (non-hydrogen) atoms. The zero-order chi connectivity index (χ0) is 17.6. The van der Waals surface area contributed by atoms with Crippen molar-refractivity contribution in [2.24, 2.45) is 0 Å². The highest BCUT2D eigenvalue weighted by Crippen LogP contribution is 2.13. The van der Waals surface area contributed by atoms with Gasteiger partial charge in [-0.05, 0) is 38.5 Å². The molecule has 0 unspecified atom stereocenters. The summed E-state index contributed by atoms with van der Waals surface area (Å²) in [4.78, 5) is 33.2. The molecule has 0 aliphatic heterocycles. The number of nitrogens with one attached hydrogen (secondary N) is 1. The fraction of sp³-hybridized carbons (Fsp3) is 0.333. The molecule has 0 radical (unpaired) electrons. The van der Waals surface area contributed by atoms with Crippen LogP contribution in [0.5, 0.6) is 0 Å². The highest BCUT2D eigenvalue weighted by Gasteiger charge is 2.19. The van der Waals surface area contributed by atoms with E-state index in [2.05, 4.69) is 11.9 Å². The molecule has 0 heterocycles. The van der Waals surface area contributed by atoms with Crippen LogP contribution in [0.3, 0.4) is 0 Å². The third kappa shape index (κ3) is 6.60. The molecule has 0 spiro atoms. The number of amides is 1. The quantitative estimate of drug-likeness (QED) is 0.386. The van der Waals surface area contributed by atoms with Gasteiger partial charge in [-0.15, -0.1) is 0 Å². The van der Waals surface area contributed by atoms with Gasteiger partial charge in [0, 0.05) is 12.1 Å². The van der Waals surface area contributed by atoms with Crippen LogP contribution in [-0.4, -0.2) is 22.6 Å². The maximum atomic E-state index is 11.7.